The molecule has 1 aliphatic rings. The van der Waals surface area contributed by atoms with Crippen LogP contribution >= 0.6 is 11.3 Å². The third kappa shape index (κ3) is 2.80. The molecular weight excluding hydrogens is 288 g/mol. The molecule has 2 aromatic rings. The van der Waals surface area contributed by atoms with E-state index >= 15 is 0 Å². The number of amides is 1. The minimum Gasteiger partial charge on any atom is -0.481 e. The smallest absolute Gasteiger partial charge is 0.307 e. The molecule has 1 amide bonds. The van der Waals surface area contributed by atoms with Gasteiger partial charge in [-0.05, 0) is 12.8 Å². The van der Waals surface area contributed by atoms with Crippen LogP contribution in [0.4, 0.5) is 5.13 Å². The summed E-state index contributed by atoms with van der Waals surface area (Å²) in [6.07, 6.45) is 1.19. The molecular formula is C15H14N2O3S. The van der Waals surface area contributed by atoms with Crippen molar-refractivity contribution < 1.29 is 14.7 Å². The second kappa shape index (κ2) is 5.65. The van der Waals surface area contributed by atoms with Crippen LogP contribution in [0.1, 0.15) is 12.8 Å². The van der Waals surface area contributed by atoms with Gasteiger partial charge in [0.1, 0.15) is 0 Å². The van der Waals surface area contributed by atoms with Gasteiger partial charge in [-0.25, -0.2) is 4.98 Å². The number of carbonyl (C=O) groups excluding carboxylic acids is 1. The Morgan fingerprint density at radius 3 is 2.52 bits per heavy atom. The highest BCUT2D eigenvalue weighted by Gasteiger charge is 2.41. The molecule has 1 aliphatic carbocycles. The second-order valence-electron chi connectivity index (χ2n) is 5.02. The summed E-state index contributed by atoms with van der Waals surface area (Å²) in [5, 5.41) is 14.1. The highest BCUT2D eigenvalue weighted by molar-refractivity contribution is 7.14. The Kier molecular flexibility index (Phi) is 3.70. The monoisotopic (exact) mass is 302 g/mol. The van der Waals surface area contributed by atoms with Gasteiger partial charge in [0.15, 0.2) is 5.13 Å². The molecule has 5 nitrogen and oxygen atoms in total. The van der Waals surface area contributed by atoms with Crippen molar-refractivity contribution in [1.82, 2.24) is 4.98 Å². The number of carboxylic acids is 1. The summed E-state index contributed by atoms with van der Waals surface area (Å²) in [5.74, 6) is -2.14. The molecule has 0 radical (unpaired) electrons. The van der Waals surface area contributed by atoms with Crippen LogP contribution in [0.2, 0.25) is 0 Å². The van der Waals surface area contributed by atoms with Gasteiger partial charge >= 0.3 is 5.97 Å². The van der Waals surface area contributed by atoms with E-state index in [1.54, 1.807) is 0 Å². The van der Waals surface area contributed by atoms with E-state index in [1.807, 2.05) is 35.7 Å². The Hall–Kier alpha value is -2.21. The first-order valence-electron chi connectivity index (χ1n) is 6.70. The lowest BCUT2D eigenvalue weighted by molar-refractivity contribution is -0.151. The number of anilines is 1. The number of nitrogens with zero attached hydrogens (tertiary/aromatic N) is 1. The lowest BCUT2D eigenvalue weighted by Gasteiger charge is -2.31. The third-order valence-electron chi connectivity index (χ3n) is 3.73. The van der Waals surface area contributed by atoms with Crippen LogP contribution in [0.3, 0.4) is 0 Å². The quantitative estimate of drug-likeness (QED) is 0.910. The number of benzene rings is 1. The van der Waals surface area contributed by atoms with Crippen molar-refractivity contribution in [3.8, 4) is 11.3 Å². The molecule has 0 unspecified atom stereocenters. The Bertz CT molecular complexity index is 669. The molecule has 0 aliphatic heterocycles. The first-order valence-corrected chi connectivity index (χ1v) is 7.58. The molecule has 1 heterocycles. The number of nitrogens with one attached hydrogen (secondary N) is 1. The third-order valence-corrected chi connectivity index (χ3v) is 4.49. The summed E-state index contributed by atoms with van der Waals surface area (Å²) in [7, 11) is 0. The van der Waals surface area contributed by atoms with Gasteiger partial charge in [-0.3, -0.25) is 9.59 Å². The van der Waals surface area contributed by atoms with Crippen LogP contribution < -0.4 is 5.32 Å². The van der Waals surface area contributed by atoms with E-state index in [4.69, 9.17) is 5.11 Å². The summed E-state index contributed by atoms with van der Waals surface area (Å²) in [6, 6.07) is 9.69. The number of hydrogen-bond acceptors (Lipinski definition) is 4. The van der Waals surface area contributed by atoms with Gasteiger partial charge in [0.05, 0.1) is 17.5 Å². The molecule has 21 heavy (non-hydrogen) atoms. The van der Waals surface area contributed by atoms with Gasteiger partial charge < -0.3 is 10.4 Å². The molecule has 0 spiro atoms. The minimum atomic E-state index is -0.898. The Morgan fingerprint density at radius 1 is 1.19 bits per heavy atom. The van der Waals surface area contributed by atoms with E-state index in [0.29, 0.717) is 18.0 Å². The number of thiazole rings is 1. The molecule has 1 aromatic carbocycles. The van der Waals surface area contributed by atoms with Gasteiger partial charge in [-0.15, -0.1) is 11.3 Å². The maximum absolute atomic E-state index is 12.0. The van der Waals surface area contributed by atoms with Crippen molar-refractivity contribution >= 4 is 28.3 Å². The molecule has 1 fully saturated rings. The van der Waals surface area contributed by atoms with Crippen molar-refractivity contribution in [3.05, 3.63) is 35.7 Å². The average Bonchev–Trinajstić information content (AvgIpc) is 2.86. The summed E-state index contributed by atoms with van der Waals surface area (Å²) in [6.45, 7) is 0. The fourth-order valence-corrected chi connectivity index (χ4v) is 3.10. The molecule has 6 heteroatoms. The zero-order valence-electron chi connectivity index (χ0n) is 11.2. The highest BCUT2D eigenvalue weighted by Crippen LogP contribution is 2.35. The van der Waals surface area contributed by atoms with Crippen molar-refractivity contribution in [2.75, 3.05) is 5.32 Å². The fraction of sp³-hybridized carbons (Fsp3) is 0.267. The van der Waals surface area contributed by atoms with E-state index in [1.165, 1.54) is 11.3 Å². The molecule has 3 rings (SSSR count). The molecule has 0 saturated heterocycles. The first kappa shape index (κ1) is 13.8. The van der Waals surface area contributed by atoms with Gasteiger partial charge in [0.2, 0.25) is 5.91 Å². The number of aromatic nitrogens is 1. The SMILES string of the molecule is O=C(O)[C@@H]1CC[C@H]1C(=O)Nc1nc(-c2ccccc2)cs1. The van der Waals surface area contributed by atoms with E-state index in [9.17, 15) is 9.59 Å². The Balaban J connectivity index is 1.68. The van der Waals surface area contributed by atoms with E-state index in [2.05, 4.69) is 10.3 Å². The number of rotatable bonds is 4. The maximum atomic E-state index is 12.0. The van der Waals surface area contributed by atoms with Crippen molar-refractivity contribution in [2.45, 2.75) is 12.8 Å². The first-order chi connectivity index (χ1) is 10.1. The van der Waals surface area contributed by atoms with Crippen LogP contribution in [0.15, 0.2) is 35.7 Å². The number of aliphatic carboxylic acids is 1. The summed E-state index contributed by atoms with van der Waals surface area (Å²) in [5.41, 5.74) is 1.79. The molecule has 108 valence electrons. The lowest BCUT2D eigenvalue weighted by Crippen LogP contribution is -2.41. The van der Waals surface area contributed by atoms with Crippen LogP contribution in [0.5, 0.6) is 0 Å². The largest absolute Gasteiger partial charge is 0.481 e. The number of hydrogen-bond donors (Lipinski definition) is 2. The van der Waals surface area contributed by atoms with Crippen LogP contribution in [0.25, 0.3) is 11.3 Å². The zero-order chi connectivity index (χ0) is 14.8. The normalized spacial score (nSPS) is 20.6. The van der Waals surface area contributed by atoms with Crippen LogP contribution in [-0.4, -0.2) is 22.0 Å². The molecule has 1 aromatic heterocycles. The predicted molar refractivity (Wildman–Crippen MR) is 80.0 cm³/mol. The van der Waals surface area contributed by atoms with Crippen LogP contribution in [0, 0.1) is 11.8 Å². The maximum Gasteiger partial charge on any atom is 0.307 e. The summed E-state index contributed by atoms with van der Waals surface area (Å²) >= 11 is 1.34. The Labute approximate surface area is 125 Å². The Morgan fingerprint density at radius 2 is 1.90 bits per heavy atom. The average molecular weight is 302 g/mol. The van der Waals surface area contributed by atoms with Crippen molar-refractivity contribution in [2.24, 2.45) is 11.8 Å². The zero-order valence-corrected chi connectivity index (χ0v) is 12.0. The van der Waals surface area contributed by atoms with Gasteiger partial charge in [-0.2, -0.15) is 0 Å². The number of carboxylic acid groups (broad SMARTS) is 1. The van der Waals surface area contributed by atoms with Gasteiger partial charge in [0, 0.05) is 10.9 Å². The van der Waals surface area contributed by atoms with Gasteiger partial charge in [0.25, 0.3) is 0 Å². The summed E-state index contributed by atoms with van der Waals surface area (Å²) in [4.78, 5) is 27.4. The molecule has 0 bridgehead atoms. The second-order valence-corrected chi connectivity index (χ2v) is 5.88. The van der Waals surface area contributed by atoms with E-state index in [-0.39, 0.29) is 5.91 Å². The van der Waals surface area contributed by atoms with Crippen LogP contribution in [-0.2, 0) is 9.59 Å². The van der Waals surface area contributed by atoms with E-state index in [0.717, 1.165) is 11.3 Å². The number of carbonyl (C=O) groups is 2. The summed E-state index contributed by atoms with van der Waals surface area (Å²) < 4.78 is 0. The molecule has 1 saturated carbocycles. The van der Waals surface area contributed by atoms with Gasteiger partial charge in [-0.1, -0.05) is 30.3 Å². The standard InChI is InChI=1S/C15H14N2O3S/c18-13(10-6-7-11(10)14(19)20)17-15-16-12(8-21-15)9-4-2-1-3-5-9/h1-5,8,10-11H,6-7H2,(H,19,20)(H,16,17,18)/t10-,11-/m1/s1. The fourth-order valence-electron chi connectivity index (χ4n) is 2.38. The predicted octanol–water partition coefficient (Wildman–Crippen LogP) is 2.86. The minimum absolute atomic E-state index is 0.248. The highest BCUT2D eigenvalue weighted by atomic mass is 32.1. The van der Waals surface area contributed by atoms with E-state index < -0.39 is 17.8 Å². The lowest BCUT2D eigenvalue weighted by atomic mass is 9.73. The van der Waals surface area contributed by atoms with Crippen molar-refractivity contribution in [1.29, 1.82) is 0 Å². The topological polar surface area (TPSA) is 79.3 Å². The molecule has 2 N–H and O–H groups in total. The van der Waals surface area contributed by atoms with Crippen molar-refractivity contribution in [3.63, 3.8) is 0 Å². The molecule has 2 atom stereocenters.